The van der Waals surface area contributed by atoms with Gasteiger partial charge in [0.2, 0.25) is 0 Å². The molecule has 19 heavy (non-hydrogen) atoms. The van der Waals surface area contributed by atoms with Crippen molar-refractivity contribution < 1.29 is 0 Å². The number of hydrogen-bond donors (Lipinski definition) is 0. The molecule has 0 aliphatic heterocycles. The summed E-state index contributed by atoms with van der Waals surface area (Å²) in [5.74, 6) is 0.674. The molecular formula is C15H13Br3S. The van der Waals surface area contributed by atoms with Crippen molar-refractivity contribution in [2.75, 3.05) is 0 Å². The normalized spacial score (nSPS) is 20.1. The number of rotatable bonds is 2. The fraction of sp³-hybridized carbons (Fsp3) is 0.333. The van der Waals surface area contributed by atoms with Crippen LogP contribution in [0.1, 0.15) is 27.9 Å². The van der Waals surface area contributed by atoms with Crippen molar-refractivity contribution >= 4 is 59.1 Å². The van der Waals surface area contributed by atoms with E-state index in [1.165, 1.54) is 43.5 Å². The Hall–Kier alpha value is 0.360. The van der Waals surface area contributed by atoms with E-state index in [0.29, 0.717) is 10.7 Å². The summed E-state index contributed by atoms with van der Waals surface area (Å²) < 4.78 is 2.43. The Morgan fingerprint density at radius 1 is 1.16 bits per heavy atom. The van der Waals surface area contributed by atoms with Crippen LogP contribution in [0, 0.1) is 5.92 Å². The van der Waals surface area contributed by atoms with E-state index in [-0.39, 0.29) is 0 Å². The van der Waals surface area contributed by atoms with Crippen molar-refractivity contribution in [1.29, 1.82) is 0 Å². The molecule has 0 N–H and O–H groups in total. The zero-order chi connectivity index (χ0) is 13.4. The van der Waals surface area contributed by atoms with Crippen LogP contribution in [0.4, 0.5) is 0 Å². The first-order valence-electron chi connectivity index (χ1n) is 6.30. The molecule has 0 amide bonds. The lowest BCUT2D eigenvalue weighted by Crippen LogP contribution is -2.18. The third kappa shape index (κ3) is 3.02. The maximum atomic E-state index is 3.92. The predicted molar refractivity (Wildman–Crippen MR) is 93.3 cm³/mol. The minimum Gasteiger partial charge on any atom is -0.121 e. The maximum Gasteiger partial charge on any atom is 0.0753 e. The van der Waals surface area contributed by atoms with E-state index in [1.54, 1.807) is 11.3 Å². The molecular weight excluding hydrogens is 452 g/mol. The predicted octanol–water partition coefficient (Wildman–Crippen LogP) is 6.51. The van der Waals surface area contributed by atoms with E-state index in [0.717, 1.165) is 0 Å². The fourth-order valence-corrected chi connectivity index (χ4v) is 6.97. The SMILES string of the molecule is Brc1cc(C(Br)C2CCc3ccccc3C2)c(Br)s1. The largest absolute Gasteiger partial charge is 0.121 e. The number of halogens is 3. The molecule has 0 radical (unpaired) electrons. The Morgan fingerprint density at radius 2 is 1.89 bits per heavy atom. The molecule has 1 heterocycles. The molecule has 0 saturated heterocycles. The monoisotopic (exact) mass is 462 g/mol. The lowest BCUT2D eigenvalue weighted by molar-refractivity contribution is 0.453. The van der Waals surface area contributed by atoms with Crippen molar-refractivity contribution in [2.45, 2.75) is 24.1 Å². The second-order valence-corrected chi connectivity index (χ2v) is 9.69. The van der Waals surface area contributed by atoms with E-state index < -0.39 is 0 Å². The van der Waals surface area contributed by atoms with Crippen LogP contribution in [0.25, 0.3) is 0 Å². The van der Waals surface area contributed by atoms with Gasteiger partial charge in [0, 0.05) is 4.83 Å². The summed E-state index contributed by atoms with van der Waals surface area (Å²) in [4.78, 5) is 0.429. The highest BCUT2D eigenvalue weighted by Gasteiger charge is 2.27. The summed E-state index contributed by atoms with van der Waals surface area (Å²) in [6, 6.07) is 11.1. The van der Waals surface area contributed by atoms with Crippen molar-refractivity contribution in [3.8, 4) is 0 Å². The second-order valence-electron chi connectivity index (χ2n) is 4.95. The Kier molecular flexibility index (Phi) is 4.52. The molecule has 0 bridgehead atoms. The van der Waals surface area contributed by atoms with Gasteiger partial charge in [0.1, 0.15) is 0 Å². The second kappa shape index (κ2) is 6.00. The van der Waals surface area contributed by atoms with Gasteiger partial charge in [-0.1, -0.05) is 40.2 Å². The topological polar surface area (TPSA) is 0 Å². The maximum absolute atomic E-state index is 3.92. The van der Waals surface area contributed by atoms with Crippen LogP contribution in [-0.2, 0) is 12.8 Å². The van der Waals surface area contributed by atoms with E-state index in [2.05, 4.69) is 78.1 Å². The lowest BCUT2D eigenvalue weighted by Gasteiger charge is -2.28. The van der Waals surface area contributed by atoms with Gasteiger partial charge in [-0.3, -0.25) is 0 Å². The van der Waals surface area contributed by atoms with Gasteiger partial charge in [-0.05, 0) is 79.8 Å². The van der Waals surface area contributed by atoms with E-state index in [1.807, 2.05) is 0 Å². The van der Waals surface area contributed by atoms with E-state index >= 15 is 0 Å². The van der Waals surface area contributed by atoms with E-state index in [9.17, 15) is 0 Å². The smallest absolute Gasteiger partial charge is 0.0753 e. The number of aryl methyl sites for hydroxylation is 1. The molecule has 1 aromatic heterocycles. The molecule has 1 aromatic carbocycles. The summed E-state index contributed by atoms with van der Waals surface area (Å²) in [5.41, 5.74) is 4.43. The molecule has 2 atom stereocenters. The first-order valence-corrected chi connectivity index (χ1v) is 9.62. The molecule has 1 aliphatic carbocycles. The van der Waals surface area contributed by atoms with Gasteiger partial charge in [-0.25, -0.2) is 0 Å². The highest BCUT2D eigenvalue weighted by atomic mass is 79.9. The van der Waals surface area contributed by atoms with Crippen LogP contribution in [0.2, 0.25) is 0 Å². The summed E-state index contributed by atoms with van der Waals surface area (Å²) in [6.45, 7) is 0. The Balaban J connectivity index is 1.83. The third-order valence-corrected chi connectivity index (χ3v) is 7.41. The van der Waals surface area contributed by atoms with Gasteiger partial charge in [0.05, 0.1) is 7.57 Å². The average Bonchev–Trinajstić information content (AvgIpc) is 2.76. The number of thiophene rings is 1. The van der Waals surface area contributed by atoms with Gasteiger partial charge in [0.15, 0.2) is 0 Å². The highest BCUT2D eigenvalue weighted by molar-refractivity contribution is 9.12. The quantitative estimate of drug-likeness (QED) is 0.444. The van der Waals surface area contributed by atoms with Crippen LogP contribution in [0.5, 0.6) is 0 Å². The number of fused-ring (bicyclic) bond motifs is 1. The zero-order valence-corrected chi connectivity index (χ0v) is 15.8. The number of hydrogen-bond acceptors (Lipinski definition) is 1. The van der Waals surface area contributed by atoms with Gasteiger partial charge in [0.25, 0.3) is 0 Å². The van der Waals surface area contributed by atoms with Crippen LogP contribution in [0.15, 0.2) is 37.9 Å². The highest BCUT2D eigenvalue weighted by Crippen LogP contribution is 2.45. The van der Waals surface area contributed by atoms with Crippen LogP contribution in [-0.4, -0.2) is 0 Å². The Bertz CT molecular complexity index is 591. The van der Waals surface area contributed by atoms with E-state index in [4.69, 9.17) is 0 Å². The number of benzene rings is 1. The molecule has 4 heteroatoms. The molecule has 1 aliphatic rings. The lowest BCUT2D eigenvalue weighted by atomic mass is 9.81. The van der Waals surface area contributed by atoms with Crippen molar-refractivity contribution in [2.24, 2.45) is 5.92 Å². The van der Waals surface area contributed by atoms with Crippen molar-refractivity contribution in [3.63, 3.8) is 0 Å². The van der Waals surface area contributed by atoms with Gasteiger partial charge < -0.3 is 0 Å². The summed E-state index contributed by atoms with van der Waals surface area (Å²) in [7, 11) is 0. The summed E-state index contributed by atoms with van der Waals surface area (Å²) >= 11 is 12.9. The van der Waals surface area contributed by atoms with Gasteiger partial charge in [-0.15, -0.1) is 11.3 Å². The van der Waals surface area contributed by atoms with Crippen LogP contribution < -0.4 is 0 Å². The molecule has 2 aromatic rings. The molecule has 0 nitrogen and oxygen atoms in total. The molecule has 0 fully saturated rings. The van der Waals surface area contributed by atoms with Gasteiger partial charge in [-0.2, -0.15) is 0 Å². The van der Waals surface area contributed by atoms with Crippen molar-refractivity contribution in [3.05, 3.63) is 54.6 Å². The summed E-state index contributed by atoms with van der Waals surface area (Å²) in [5, 5.41) is 0. The molecule has 0 spiro atoms. The number of alkyl halides is 1. The first-order chi connectivity index (χ1) is 9.15. The Morgan fingerprint density at radius 3 is 2.58 bits per heavy atom. The minimum atomic E-state index is 0.429. The minimum absolute atomic E-state index is 0.429. The van der Waals surface area contributed by atoms with Crippen LogP contribution in [0.3, 0.4) is 0 Å². The first kappa shape index (κ1) is 14.3. The Labute approximate surface area is 143 Å². The fourth-order valence-electron chi connectivity index (χ4n) is 2.77. The molecule has 2 unspecified atom stereocenters. The zero-order valence-electron chi connectivity index (χ0n) is 10.2. The molecule has 100 valence electrons. The molecule has 0 saturated carbocycles. The van der Waals surface area contributed by atoms with Crippen molar-refractivity contribution in [1.82, 2.24) is 0 Å². The standard InChI is InChI=1S/C15H13Br3S/c16-13-8-12(15(18)19-13)14(17)11-6-5-9-3-1-2-4-10(9)7-11/h1-4,8,11,14H,5-7H2. The summed E-state index contributed by atoms with van der Waals surface area (Å²) in [6.07, 6.45) is 3.63. The molecule has 3 rings (SSSR count). The van der Waals surface area contributed by atoms with Crippen LogP contribution >= 0.6 is 59.1 Å². The van der Waals surface area contributed by atoms with Gasteiger partial charge >= 0.3 is 0 Å². The third-order valence-electron chi connectivity index (χ3n) is 3.78. The average molecular weight is 465 g/mol.